The fourth-order valence-electron chi connectivity index (χ4n) is 1.85. The minimum atomic E-state index is -0.297. The Morgan fingerprint density at radius 1 is 1.00 bits per heavy atom. The number of unbranched alkanes of at least 4 members (excludes halogenated alkanes) is 7. The molecule has 0 spiro atoms. The van der Waals surface area contributed by atoms with Gasteiger partial charge in [0.1, 0.15) is 6.61 Å². The zero-order valence-corrected chi connectivity index (χ0v) is 12.8. The molecule has 0 saturated heterocycles. The van der Waals surface area contributed by atoms with Gasteiger partial charge in [0.05, 0.1) is 0 Å². The predicted octanol–water partition coefficient (Wildman–Crippen LogP) is 3.84. The Kier molecular flexibility index (Phi) is 13.0. The van der Waals surface area contributed by atoms with E-state index in [0.29, 0.717) is 12.2 Å². The van der Waals surface area contributed by atoms with Gasteiger partial charge in [-0.25, -0.2) is 4.79 Å². The van der Waals surface area contributed by atoms with E-state index in [9.17, 15) is 4.79 Å². The van der Waals surface area contributed by atoms with Gasteiger partial charge in [-0.1, -0.05) is 58.4 Å². The molecule has 0 radical (unpaired) electrons. The largest absolute Gasteiger partial charge is 0.461 e. The molecule has 1 N–H and O–H groups in total. The van der Waals surface area contributed by atoms with Gasteiger partial charge in [-0.3, -0.25) is 0 Å². The van der Waals surface area contributed by atoms with Crippen LogP contribution in [0, 0.1) is 0 Å². The van der Waals surface area contributed by atoms with Gasteiger partial charge in [0.2, 0.25) is 0 Å². The summed E-state index contributed by atoms with van der Waals surface area (Å²) in [6.07, 6.45) is 10.7. The number of carbonyl (C=O) groups is 1. The van der Waals surface area contributed by atoms with Gasteiger partial charge < -0.3 is 10.1 Å². The van der Waals surface area contributed by atoms with Crippen molar-refractivity contribution in [2.45, 2.75) is 65.2 Å². The molecular formula is C16H31NO2. The molecule has 0 heterocycles. The van der Waals surface area contributed by atoms with Gasteiger partial charge in [-0.2, -0.15) is 0 Å². The van der Waals surface area contributed by atoms with E-state index < -0.39 is 0 Å². The van der Waals surface area contributed by atoms with Gasteiger partial charge in [0, 0.05) is 12.1 Å². The van der Waals surface area contributed by atoms with E-state index in [1.807, 2.05) is 0 Å². The topological polar surface area (TPSA) is 38.3 Å². The van der Waals surface area contributed by atoms with E-state index in [2.05, 4.69) is 18.8 Å². The number of rotatable bonds is 13. The van der Waals surface area contributed by atoms with Crippen molar-refractivity contribution >= 4 is 5.97 Å². The number of hydrogen-bond acceptors (Lipinski definition) is 3. The highest BCUT2D eigenvalue weighted by molar-refractivity contribution is 5.86. The highest BCUT2D eigenvalue weighted by atomic mass is 16.5. The third-order valence-electron chi connectivity index (χ3n) is 3.07. The minimum Gasteiger partial charge on any atom is -0.461 e. The van der Waals surface area contributed by atoms with Crippen molar-refractivity contribution in [3.05, 3.63) is 12.2 Å². The van der Waals surface area contributed by atoms with Gasteiger partial charge in [-0.15, -0.1) is 0 Å². The van der Waals surface area contributed by atoms with Crippen LogP contribution in [0.25, 0.3) is 0 Å². The molecule has 3 heteroatoms. The number of hydrogen-bond donors (Lipinski definition) is 1. The number of ether oxygens (including phenoxy) is 1. The maximum atomic E-state index is 11.1. The number of carbonyl (C=O) groups excluding carboxylic acids is 1. The summed E-state index contributed by atoms with van der Waals surface area (Å²) in [5, 5.41) is 3.28. The summed E-state index contributed by atoms with van der Waals surface area (Å²) < 4.78 is 4.99. The maximum absolute atomic E-state index is 11.1. The average molecular weight is 269 g/mol. The molecule has 112 valence electrons. The first-order valence-corrected chi connectivity index (χ1v) is 7.71. The van der Waals surface area contributed by atoms with Gasteiger partial charge in [-0.05, 0) is 19.9 Å². The molecule has 0 amide bonds. The first-order valence-electron chi connectivity index (χ1n) is 7.71. The molecule has 0 rings (SSSR count). The fraction of sp³-hybridized carbons (Fsp3) is 0.812. The molecule has 0 aliphatic carbocycles. The van der Waals surface area contributed by atoms with Crippen LogP contribution in [0.4, 0.5) is 0 Å². The quantitative estimate of drug-likeness (QED) is 0.314. The van der Waals surface area contributed by atoms with Crippen LogP contribution in [0.5, 0.6) is 0 Å². The van der Waals surface area contributed by atoms with Crippen molar-refractivity contribution in [3.8, 4) is 0 Å². The Morgan fingerprint density at radius 3 is 2.16 bits per heavy atom. The third-order valence-corrected chi connectivity index (χ3v) is 3.07. The Morgan fingerprint density at radius 2 is 1.58 bits per heavy atom. The molecule has 0 aliphatic rings. The monoisotopic (exact) mass is 269 g/mol. The average Bonchev–Trinajstić information content (AvgIpc) is 2.39. The molecule has 0 aromatic rings. The number of esters is 1. The second-order valence-corrected chi connectivity index (χ2v) is 5.14. The Balaban J connectivity index is 3.07. The van der Waals surface area contributed by atoms with Crippen molar-refractivity contribution < 1.29 is 9.53 Å². The molecule has 0 atom stereocenters. The normalized spacial score (nSPS) is 10.4. The van der Waals surface area contributed by atoms with Crippen LogP contribution in [0.15, 0.2) is 12.2 Å². The summed E-state index contributed by atoms with van der Waals surface area (Å²) in [6.45, 7) is 9.63. The highest BCUT2D eigenvalue weighted by Gasteiger charge is 2.01. The van der Waals surface area contributed by atoms with Crippen LogP contribution in [-0.2, 0) is 9.53 Å². The Hall–Kier alpha value is -0.830. The van der Waals surface area contributed by atoms with Crippen LogP contribution in [0.3, 0.4) is 0 Å². The van der Waals surface area contributed by atoms with Crippen molar-refractivity contribution in [2.75, 3.05) is 19.7 Å². The highest BCUT2D eigenvalue weighted by Crippen LogP contribution is 2.07. The van der Waals surface area contributed by atoms with Crippen molar-refractivity contribution in [1.29, 1.82) is 0 Å². The second kappa shape index (κ2) is 13.6. The van der Waals surface area contributed by atoms with E-state index in [-0.39, 0.29) is 5.97 Å². The van der Waals surface area contributed by atoms with Gasteiger partial charge in [0.15, 0.2) is 0 Å². The molecular weight excluding hydrogens is 238 g/mol. The van der Waals surface area contributed by atoms with Crippen molar-refractivity contribution in [2.24, 2.45) is 0 Å². The molecule has 0 fully saturated rings. The zero-order valence-electron chi connectivity index (χ0n) is 12.8. The van der Waals surface area contributed by atoms with Gasteiger partial charge in [0.25, 0.3) is 0 Å². The molecule has 0 aromatic heterocycles. The van der Waals surface area contributed by atoms with E-state index in [1.165, 1.54) is 51.4 Å². The van der Waals surface area contributed by atoms with Crippen LogP contribution in [-0.4, -0.2) is 25.7 Å². The molecule has 0 unspecified atom stereocenters. The predicted molar refractivity (Wildman–Crippen MR) is 81.3 cm³/mol. The van der Waals surface area contributed by atoms with Crippen molar-refractivity contribution in [3.63, 3.8) is 0 Å². The van der Waals surface area contributed by atoms with Gasteiger partial charge >= 0.3 is 5.97 Å². The standard InChI is InChI=1S/C16H31NO2/c1-4-5-6-7-8-9-10-11-12-17-13-14-19-16(18)15(2)3/h17H,2,4-14H2,1,3H3. The minimum absolute atomic E-state index is 0.297. The second-order valence-electron chi connectivity index (χ2n) is 5.14. The van der Waals surface area contributed by atoms with Crippen molar-refractivity contribution in [1.82, 2.24) is 5.32 Å². The molecule has 0 aliphatic heterocycles. The first kappa shape index (κ1) is 18.2. The van der Waals surface area contributed by atoms with E-state index in [4.69, 9.17) is 4.74 Å². The lowest BCUT2D eigenvalue weighted by Gasteiger charge is -2.06. The lowest BCUT2D eigenvalue weighted by Crippen LogP contribution is -2.22. The smallest absolute Gasteiger partial charge is 0.333 e. The summed E-state index contributed by atoms with van der Waals surface area (Å²) in [5.41, 5.74) is 0.461. The lowest BCUT2D eigenvalue weighted by molar-refractivity contribution is -0.138. The van der Waals surface area contributed by atoms with E-state index >= 15 is 0 Å². The summed E-state index contributed by atoms with van der Waals surface area (Å²) >= 11 is 0. The molecule has 0 aromatic carbocycles. The zero-order chi connectivity index (χ0) is 14.3. The van der Waals surface area contributed by atoms with Crippen LogP contribution >= 0.6 is 0 Å². The third kappa shape index (κ3) is 13.4. The molecule has 0 saturated carbocycles. The van der Waals surface area contributed by atoms with Crippen LogP contribution in [0.1, 0.15) is 65.2 Å². The maximum Gasteiger partial charge on any atom is 0.333 e. The van der Waals surface area contributed by atoms with E-state index in [0.717, 1.165) is 13.1 Å². The number of nitrogens with one attached hydrogen (secondary N) is 1. The first-order chi connectivity index (χ1) is 9.18. The summed E-state index contributed by atoms with van der Waals surface area (Å²) in [5.74, 6) is -0.297. The van der Waals surface area contributed by atoms with E-state index in [1.54, 1.807) is 6.92 Å². The SMILES string of the molecule is C=C(C)C(=O)OCCNCCCCCCCCCC. The Bertz CT molecular complexity index is 239. The van der Waals surface area contributed by atoms with Crippen LogP contribution < -0.4 is 5.32 Å². The summed E-state index contributed by atoms with van der Waals surface area (Å²) in [7, 11) is 0. The summed E-state index contributed by atoms with van der Waals surface area (Å²) in [6, 6.07) is 0. The lowest BCUT2D eigenvalue weighted by atomic mass is 10.1. The molecule has 0 bridgehead atoms. The Labute approximate surface area is 118 Å². The fourth-order valence-corrected chi connectivity index (χ4v) is 1.85. The van der Waals surface area contributed by atoms with Crippen LogP contribution in [0.2, 0.25) is 0 Å². The molecule has 19 heavy (non-hydrogen) atoms. The molecule has 3 nitrogen and oxygen atoms in total. The summed E-state index contributed by atoms with van der Waals surface area (Å²) in [4.78, 5) is 11.1.